The molecule has 1 unspecified atom stereocenters. The van der Waals surface area contributed by atoms with Gasteiger partial charge < -0.3 is 4.74 Å². The summed E-state index contributed by atoms with van der Waals surface area (Å²) >= 11 is 0. The van der Waals surface area contributed by atoms with Gasteiger partial charge in [0.2, 0.25) is 0 Å². The van der Waals surface area contributed by atoms with Crippen molar-refractivity contribution in [2.24, 2.45) is 0 Å². The lowest BCUT2D eigenvalue weighted by Crippen LogP contribution is -2.44. The summed E-state index contributed by atoms with van der Waals surface area (Å²) in [5.41, 5.74) is 0.351. The Balaban J connectivity index is 2.25. The van der Waals surface area contributed by atoms with E-state index < -0.39 is 10.6 Å². The summed E-state index contributed by atoms with van der Waals surface area (Å²) in [4.78, 5) is 10.2. The van der Waals surface area contributed by atoms with Crippen LogP contribution in [0.25, 0.3) is 0 Å². The van der Waals surface area contributed by atoms with Crippen molar-refractivity contribution in [3.8, 4) is 5.75 Å². The average molecular weight is 286 g/mol. The van der Waals surface area contributed by atoms with Crippen molar-refractivity contribution in [3.63, 3.8) is 0 Å². The lowest BCUT2D eigenvalue weighted by molar-refractivity contribution is -0.384. The average Bonchev–Trinajstić information content (AvgIpc) is 2.49. The summed E-state index contributed by atoms with van der Waals surface area (Å²) in [6.45, 7) is 4.67. The highest BCUT2D eigenvalue weighted by Gasteiger charge is 2.27. The molecule has 0 aromatic heterocycles. The predicted octanol–water partition coefficient (Wildman–Crippen LogP) is 3.46. The van der Waals surface area contributed by atoms with E-state index in [2.05, 4.69) is 5.32 Å². The van der Waals surface area contributed by atoms with Gasteiger partial charge in [0.25, 0.3) is 5.69 Å². The number of nitrogens with zero attached hydrogens (tertiary/aromatic N) is 1. The van der Waals surface area contributed by atoms with Crippen LogP contribution in [0.5, 0.6) is 5.75 Å². The van der Waals surface area contributed by atoms with Crippen LogP contribution in [-0.2, 0) is 5.72 Å². The smallest absolute Gasteiger partial charge is 0.269 e. The van der Waals surface area contributed by atoms with Gasteiger partial charge in [-0.05, 0) is 25.6 Å². The van der Waals surface area contributed by atoms with Crippen LogP contribution < -0.4 is 10.1 Å². The first-order chi connectivity index (χ1) is 10.0. The molecule has 0 saturated carbocycles. The molecule has 110 valence electrons. The van der Waals surface area contributed by atoms with Crippen LogP contribution >= 0.6 is 0 Å². The van der Waals surface area contributed by atoms with E-state index in [0.29, 0.717) is 5.75 Å². The van der Waals surface area contributed by atoms with Gasteiger partial charge in [-0.1, -0.05) is 37.3 Å². The molecular weight excluding hydrogens is 268 g/mol. The van der Waals surface area contributed by atoms with E-state index in [-0.39, 0.29) is 5.69 Å². The van der Waals surface area contributed by atoms with Gasteiger partial charge in [-0.25, -0.2) is 0 Å². The van der Waals surface area contributed by atoms with Gasteiger partial charge in [0, 0.05) is 17.7 Å². The Morgan fingerprint density at radius 1 is 1.14 bits per heavy atom. The van der Waals surface area contributed by atoms with Crippen LogP contribution in [0.3, 0.4) is 0 Å². The fourth-order valence-corrected chi connectivity index (χ4v) is 2.16. The number of non-ortho nitro benzene ring substituents is 1. The summed E-state index contributed by atoms with van der Waals surface area (Å²) in [6, 6.07) is 15.9. The second-order valence-electron chi connectivity index (χ2n) is 4.78. The lowest BCUT2D eigenvalue weighted by atomic mass is 10.0. The summed E-state index contributed by atoms with van der Waals surface area (Å²) in [5, 5.41) is 14.0. The van der Waals surface area contributed by atoms with E-state index >= 15 is 0 Å². The molecule has 1 atom stereocenters. The van der Waals surface area contributed by atoms with E-state index in [1.807, 2.05) is 44.2 Å². The molecule has 0 aliphatic rings. The number of benzene rings is 2. The normalized spacial score (nSPS) is 13.4. The molecule has 5 nitrogen and oxygen atoms in total. The first-order valence-electron chi connectivity index (χ1n) is 6.79. The zero-order valence-corrected chi connectivity index (χ0v) is 12.1. The van der Waals surface area contributed by atoms with Crippen LogP contribution in [0.15, 0.2) is 54.6 Å². The molecule has 0 spiro atoms. The number of nitro groups is 1. The number of rotatable bonds is 6. The number of ether oxygens (including phenoxy) is 1. The zero-order valence-electron chi connectivity index (χ0n) is 12.1. The molecule has 0 radical (unpaired) electrons. The van der Waals surface area contributed by atoms with Crippen LogP contribution in [-0.4, -0.2) is 11.5 Å². The van der Waals surface area contributed by atoms with Gasteiger partial charge in [0.15, 0.2) is 5.72 Å². The molecule has 0 aliphatic heterocycles. The second-order valence-corrected chi connectivity index (χ2v) is 4.78. The Morgan fingerprint density at radius 2 is 1.76 bits per heavy atom. The molecule has 21 heavy (non-hydrogen) atoms. The van der Waals surface area contributed by atoms with Crippen LogP contribution in [0.2, 0.25) is 0 Å². The molecule has 2 aromatic rings. The summed E-state index contributed by atoms with van der Waals surface area (Å²) in [7, 11) is 0. The van der Waals surface area contributed by atoms with Crippen LogP contribution in [0.1, 0.15) is 19.4 Å². The molecule has 2 rings (SSSR count). The maximum Gasteiger partial charge on any atom is 0.269 e. The highest BCUT2D eigenvalue weighted by atomic mass is 16.6. The SMILES string of the molecule is CCNC(C)(Oc1ccc([N+](=O)[O-])cc1)c1ccccc1. The van der Waals surface area contributed by atoms with Crippen LogP contribution in [0, 0.1) is 10.1 Å². The summed E-state index contributed by atoms with van der Waals surface area (Å²) in [6.07, 6.45) is 0. The highest BCUT2D eigenvalue weighted by Crippen LogP contribution is 2.27. The highest BCUT2D eigenvalue weighted by molar-refractivity contribution is 5.37. The molecule has 5 heteroatoms. The third-order valence-electron chi connectivity index (χ3n) is 3.21. The van der Waals surface area contributed by atoms with Crippen molar-refractivity contribution in [2.75, 3.05) is 6.54 Å². The van der Waals surface area contributed by atoms with Gasteiger partial charge >= 0.3 is 0 Å². The Kier molecular flexibility index (Phi) is 4.55. The number of nitrogens with one attached hydrogen (secondary N) is 1. The van der Waals surface area contributed by atoms with Crippen molar-refractivity contribution in [1.29, 1.82) is 0 Å². The molecule has 0 bridgehead atoms. The molecule has 2 aromatic carbocycles. The summed E-state index contributed by atoms with van der Waals surface area (Å²) in [5.74, 6) is 0.577. The molecule has 0 amide bonds. The van der Waals surface area contributed by atoms with Crippen molar-refractivity contribution in [2.45, 2.75) is 19.6 Å². The molecule has 0 fully saturated rings. The number of nitro benzene ring substituents is 1. The van der Waals surface area contributed by atoms with Crippen molar-refractivity contribution < 1.29 is 9.66 Å². The number of hydrogen-bond donors (Lipinski definition) is 1. The van der Waals surface area contributed by atoms with E-state index in [1.165, 1.54) is 12.1 Å². The maximum absolute atomic E-state index is 10.7. The summed E-state index contributed by atoms with van der Waals surface area (Å²) < 4.78 is 6.03. The minimum atomic E-state index is -0.688. The number of hydrogen-bond acceptors (Lipinski definition) is 4. The Hall–Kier alpha value is -2.40. The third kappa shape index (κ3) is 3.58. The monoisotopic (exact) mass is 286 g/mol. The maximum atomic E-state index is 10.7. The quantitative estimate of drug-likeness (QED) is 0.502. The van der Waals surface area contributed by atoms with Crippen molar-refractivity contribution in [3.05, 3.63) is 70.3 Å². The fourth-order valence-electron chi connectivity index (χ4n) is 2.16. The molecule has 0 heterocycles. The predicted molar refractivity (Wildman–Crippen MR) is 81.2 cm³/mol. The first-order valence-corrected chi connectivity index (χ1v) is 6.79. The van der Waals surface area contributed by atoms with Crippen molar-refractivity contribution in [1.82, 2.24) is 5.32 Å². The van der Waals surface area contributed by atoms with Gasteiger partial charge in [-0.3, -0.25) is 15.4 Å². The molecule has 0 saturated heterocycles. The second kappa shape index (κ2) is 6.37. The zero-order chi connectivity index (χ0) is 15.3. The standard InChI is InChI=1S/C16H18N2O3/c1-3-17-16(2,13-7-5-4-6-8-13)21-15-11-9-14(10-12-15)18(19)20/h4-12,17H,3H2,1-2H3. The van der Waals surface area contributed by atoms with Gasteiger partial charge in [0.1, 0.15) is 5.75 Å². The van der Waals surface area contributed by atoms with E-state index in [9.17, 15) is 10.1 Å². The lowest BCUT2D eigenvalue weighted by Gasteiger charge is -2.32. The van der Waals surface area contributed by atoms with Crippen LogP contribution in [0.4, 0.5) is 5.69 Å². The molecule has 1 N–H and O–H groups in total. The minimum Gasteiger partial charge on any atom is -0.469 e. The van der Waals surface area contributed by atoms with Gasteiger partial charge in [0.05, 0.1) is 4.92 Å². The van der Waals surface area contributed by atoms with Gasteiger partial charge in [-0.15, -0.1) is 0 Å². The van der Waals surface area contributed by atoms with E-state index in [1.54, 1.807) is 12.1 Å². The van der Waals surface area contributed by atoms with Crippen molar-refractivity contribution >= 4 is 5.69 Å². The third-order valence-corrected chi connectivity index (χ3v) is 3.21. The largest absolute Gasteiger partial charge is 0.469 e. The van der Waals surface area contributed by atoms with E-state index in [0.717, 1.165) is 12.1 Å². The Labute approximate surface area is 123 Å². The van der Waals surface area contributed by atoms with E-state index in [4.69, 9.17) is 4.74 Å². The minimum absolute atomic E-state index is 0.0483. The fraction of sp³-hybridized carbons (Fsp3) is 0.250. The Bertz CT molecular complexity index is 599. The topological polar surface area (TPSA) is 64.4 Å². The first kappa shape index (κ1) is 15.0. The Morgan fingerprint density at radius 3 is 2.29 bits per heavy atom. The molecular formula is C16H18N2O3. The molecule has 0 aliphatic carbocycles. The van der Waals surface area contributed by atoms with Gasteiger partial charge in [-0.2, -0.15) is 0 Å².